The van der Waals surface area contributed by atoms with Gasteiger partial charge in [-0.15, -0.1) is 11.3 Å². The van der Waals surface area contributed by atoms with Crippen LogP contribution < -0.4 is 5.32 Å². The van der Waals surface area contributed by atoms with Crippen LogP contribution in [-0.2, 0) is 17.4 Å². The molecule has 1 aromatic carbocycles. The van der Waals surface area contributed by atoms with Gasteiger partial charge in [-0.2, -0.15) is 13.2 Å². The molecule has 30 heavy (non-hydrogen) atoms. The molecule has 1 saturated heterocycles. The molecule has 3 rings (SSSR count). The molecule has 0 aliphatic carbocycles. The van der Waals surface area contributed by atoms with Crippen molar-refractivity contribution in [1.29, 1.82) is 0 Å². The Morgan fingerprint density at radius 2 is 2.00 bits per heavy atom. The first-order valence-corrected chi connectivity index (χ1v) is 10.4. The van der Waals surface area contributed by atoms with E-state index in [1.165, 1.54) is 22.3 Å². The number of alkyl halides is 3. The average molecular weight is 440 g/mol. The highest BCUT2D eigenvalue weighted by Gasteiger charge is 2.37. The van der Waals surface area contributed by atoms with Crippen LogP contribution >= 0.6 is 11.3 Å². The zero-order valence-electron chi connectivity index (χ0n) is 16.6. The summed E-state index contributed by atoms with van der Waals surface area (Å²) >= 11 is 1.37. The van der Waals surface area contributed by atoms with Crippen LogP contribution in [-0.4, -0.2) is 40.5 Å². The van der Waals surface area contributed by atoms with Gasteiger partial charge in [-0.3, -0.25) is 9.59 Å². The van der Waals surface area contributed by atoms with E-state index in [0.29, 0.717) is 13.0 Å². The minimum atomic E-state index is -4.66. The number of rotatable bonds is 5. The first kappa shape index (κ1) is 22.3. The average Bonchev–Trinajstić information content (AvgIpc) is 3.31. The number of halogens is 3. The van der Waals surface area contributed by atoms with Gasteiger partial charge in [0.25, 0.3) is 5.91 Å². The number of anilines is 1. The summed E-state index contributed by atoms with van der Waals surface area (Å²) in [6.07, 6.45) is -4.06. The standard InChI is InChI=1S/C21H23F3N2O3S/c1-20(2,29)14-5-6-26(12-14)19(28)13-8-15(21(22,23)24)10-16(9-13)25-18(27)11-17-4-3-7-30-17/h3-4,7-10,14,29H,5-6,11-12H2,1-2H3,(H,25,27). The Balaban J connectivity index is 1.82. The number of carbonyl (C=O) groups is 2. The number of hydrogen-bond donors (Lipinski definition) is 2. The van der Waals surface area contributed by atoms with Crippen molar-refractivity contribution in [2.24, 2.45) is 5.92 Å². The predicted octanol–water partition coefficient (Wildman–Crippen LogP) is 4.18. The van der Waals surface area contributed by atoms with Crippen LogP contribution in [0.25, 0.3) is 0 Å². The molecular weight excluding hydrogens is 417 g/mol. The molecule has 9 heteroatoms. The number of benzene rings is 1. The Kier molecular flexibility index (Phi) is 6.24. The van der Waals surface area contributed by atoms with Crippen molar-refractivity contribution in [3.05, 3.63) is 51.7 Å². The molecule has 1 fully saturated rings. The first-order valence-electron chi connectivity index (χ1n) is 9.49. The van der Waals surface area contributed by atoms with Crippen molar-refractivity contribution in [1.82, 2.24) is 4.90 Å². The van der Waals surface area contributed by atoms with Crippen LogP contribution in [0.3, 0.4) is 0 Å². The maximum absolute atomic E-state index is 13.4. The second-order valence-electron chi connectivity index (χ2n) is 7.99. The van der Waals surface area contributed by atoms with Crippen LogP contribution in [0.5, 0.6) is 0 Å². The summed E-state index contributed by atoms with van der Waals surface area (Å²) in [4.78, 5) is 27.3. The number of hydrogen-bond acceptors (Lipinski definition) is 4. The Labute approximate surface area is 176 Å². The van der Waals surface area contributed by atoms with Crippen LogP contribution in [0.1, 0.15) is 41.1 Å². The molecule has 0 saturated carbocycles. The summed E-state index contributed by atoms with van der Waals surface area (Å²) < 4.78 is 40.1. The lowest BCUT2D eigenvalue weighted by atomic mass is 9.90. The van der Waals surface area contributed by atoms with Crippen molar-refractivity contribution in [2.45, 2.75) is 38.5 Å². The van der Waals surface area contributed by atoms with Crippen LogP contribution in [0.4, 0.5) is 18.9 Å². The molecule has 2 heterocycles. The minimum Gasteiger partial charge on any atom is -0.390 e. The van der Waals surface area contributed by atoms with Crippen molar-refractivity contribution >= 4 is 28.8 Å². The molecule has 1 aliphatic rings. The fourth-order valence-corrected chi connectivity index (χ4v) is 4.17. The summed E-state index contributed by atoms with van der Waals surface area (Å²) in [7, 11) is 0. The fraction of sp³-hybridized carbons (Fsp3) is 0.429. The normalized spacial score (nSPS) is 17.3. The number of aliphatic hydroxyl groups is 1. The Hall–Kier alpha value is -2.39. The Bertz CT molecular complexity index is 921. The second-order valence-corrected chi connectivity index (χ2v) is 9.02. The molecule has 1 aromatic heterocycles. The molecule has 1 atom stereocenters. The molecule has 1 aliphatic heterocycles. The van der Waals surface area contributed by atoms with E-state index in [4.69, 9.17) is 0 Å². The lowest BCUT2D eigenvalue weighted by Crippen LogP contribution is -2.35. The van der Waals surface area contributed by atoms with E-state index in [0.717, 1.165) is 17.0 Å². The highest BCUT2D eigenvalue weighted by molar-refractivity contribution is 7.10. The highest BCUT2D eigenvalue weighted by Crippen LogP contribution is 2.33. The number of nitrogens with one attached hydrogen (secondary N) is 1. The first-order chi connectivity index (χ1) is 13.9. The van der Waals surface area contributed by atoms with Gasteiger partial charge in [0.1, 0.15) is 0 Å². The van der Waals surface area contributed by atoms with Crippen molar-refractivity contribution < 1.29 is 27.9 Å². The second kappa shape index (κ2) is 8.39. The molecule has 162 valence electrons. The van der Waals surface area contributed by atoms with Gasteiger partial charge in [0.2, 0.25) is 5.91 Å². The molecule has 2 aromatic rings. The van der Waals surface area contributed by atoms with Gasteiger partial charge in [0.15, 0.2) is 0 Å². The monoisotopic (exact) mass is 440 g/mol. The van der Waals surface area contributed by atoms with Gasteiger partial charge in [0.05, 0.1) is 17.6 Å². The van der Waals surface area contributed by atoms with E-state index in [1.807, 2.05) is 0 Å². The summed E-state index contributed by atoms with van der Waals surface area (Å²) in [5.74, 6) is -1.17. The van der Waals surface area contributed by atoms with Gasteiger partial charge >= 0.3 is 6.18 Å². The van der Waals surface area contributed by atoms with Crippen molar-refractivity contribution in [3.8, 4) is 0 Å². The van der Waals surface area contributed by atoms with Gasteiger partial charge < -0.3 is 15.3 Å². The van der Waals surface area contributed by atoms with E-state index in [2.05, 4.69) is 5.32 Å². The van der Waals surface area contributed by atoms with E-state index in [1.54, 1.807) is 31.4 Å². The summed E-state index contributed by atoms with van der Waals surface area (Å²) in [6.45, 7) is 3.91. The zero-order chi connectivity index (χ0) is 22.1. The molecular formula is C21H23F3N2O3S. The number of likely N-dealkylation sites (tertiary alicyclic amines) is 1. The third-order valence-electron chi connectivity index (χ3n) is 5.18. The van der Waals surface area contributed by atoms with E-state index in [-0.39, 0.29) is 30.1 Å². The van der Waals surface area contributed by atoms with E-state index >= 15 is 0 Å². The van der Waals surface area contributed by atoms with Crippen molar-refractivity contribution in [3.63, 3.8) is 0 Å². The zero-order valence-corrected chi connectivity index (χ0v) is 17.4. The molecule has 2 amide bonds. The number of amides is 2. The highest BCUT2D eigenvalue weighted by atomic mass is 32.1. The van der Waals surface area contributed by atoms with Crippen LogP contribution in [0, 0.1) is 5.92 Å². The lowest BCUT2D eigenvalue weighted by molar-refractivity contribution is -0.137. The maximum atomic E-state index is 13.4. The minimum absolute atomic E-state index is 0.0383. The maximum Gasteiger partial charge on any atom is 0.416 e. The van der Waals surface area contributed by atoms with Gasteiger partial charge in [-0.05, 0) is 49.9 Å². The molecule has 5 nitrogen and oxygen atoms in total. The third kappa shape index (κ3) is 5.40. The quantitative estimate of drug-likeness (QED) is 0.733. The van der Waals surface area contributed by atoms with E-state index < -0.39 is 29.2 Å². The predicted molar refractivity (Wildman–Crippen MR) is 108 cm³/mol. The summed E-state index contributed by atoms with van der Waals surface area (Å²) in [5.41, 5.74) is -2.21. The van der Waals surface area contributed by atoms with Gasteiger partial charge in [-0.1, -0.05) is 6.07 Å². The van der Waals surface area contributed by atoms with Crippen molar-refractivity contribution in [2.75, 3.05) is 18.4 Å². The molecule has 0 spiro atoms. The molecule has 1 unspecified atom stereocenters. The summed E-state index contributed by atoms with van der Waals surface area (Å²) in [5, 5.41) is 14.4. The smallest absolute Gasteiger partial charge is 0.390 e. The lowest BCUT2D eigenvalue weighted by Gasteiger charge is -2.25. The Morgan fingerprint density at radius 1 is 1.27 bits per heavy atom. The largest absolute Gasteiger partial charge is 0.416 e. The molecule has 0 bridgehead atoms. The topological polar surface area (TPSA) is 69.6 Å². The molecule has 0 radical (unpaired) electrons. The van der Waals surface area contributed by atoms with Gasteiger partial charge in [0, 0.05) is 35.1 Å². The fourth-order valence-electron chi connectivity index (χ4n) is 3.47. The van der Waals surface area contributed by atoms with Gasteiger partial charge in [-0.25, -0.2) is 0 Å². The number of thiophene rings is 1. The molecule has 2 N–H and O–H groups in total. The number of nitrogens with zero attached hydrogens (tertiary/aromatic N) is 1. The van der Waals surface area contributed by atoms with Crippen LogP contribution in [0.2, 0.25) is 0 Å². The summed E-state index contributed by atoms with van der Waals surface area (Å²) in [6, 6.07) is 6.44. The Morgan fingerprint density at radius 3 is 2.57 bits per heavy atom. The SMILES string of the molecule is CC(C)(O)C1CCN(C(=O)c2cc(NC(=O)Cc3cccs3)cc(C(F)(F)F)c2)C1. The van der Waals surface area contributed by atoms with Crippen LogP contribution in [0.15, 0.2) is 35.7 Å². The van der Waals surface area contributed by atoms with E-state index in [9.17, 15) is 27.9 Å². The number of carbonyl (C=O) groups excluding carboxylic acids is 2. The third-order valence-corrected chi connectivity index (χ3v) is 6.06.